The Morgan fingerprint density at radius 3 is 2.64 bits per heavy atom. The second-order valence-corrected chi connectivity index (χ2v) is 9.79. The monoisotopic (exact) mass is 591 g/mol. The van der Waals surface area contributed by atoms with E-state index in [0.29, 0.717) is 70.4 Å². The van der Waals surface area contributed by atoms with Gasteiger partial charge >= 0.3 is 6.09 Å². The predicted octanol–water partition coefficient (Wildman–Crippen LogP) is 5.96. The molecule has 0 spiro atoms. The summed E-state index contributed by atoms with van der Waals surface area (Å²) in [6.45, 7) is 1.37. The molecule has 0 saturated carbocycles. The quantitative estimate of drug-likeness (QED) is 0.154. The maximum atomic E-state index is 11.5. The lowest BCUT2D eigenvalue weighted by Crippen LogP contribution is -2.08. The molecule has 0 aliphatic carbocycles. The number of aromatic nitrogens is 5. The van der Waals surface area contributed by atoms with E-state index in [-0.39, 0.29) is 0 Å². The van der Waals surface area contributed by atoms with E-state index < -0.39 is 6.09 Å². The number of hydrogen-bond donors (Lipinski definition) is 3. The molecule has 3 heterocycles. The van der Waals surface area contributed by atoms with Gasteiger partial charge in [0.15, 0.2) is 17.3 Å². The zero-order valence-electron chi connectivity index (χ0n) is 24.0. The van der Waals surface area contributed by atoms with Gasteiger partial charge < -0.3 is 30.0 Å². The van der Waals surface area contributed by atoms with Gasteiger partial charge in [-0.05, 0) is 48.0 Å². The highest BCUT2D eigenvalue weighted by Crippen LogP contribution is 2.37. The maximum Gasteiger partial charge on any atom is 0.432 e. The molecule has 3 aromatic heterocycles. The van der Waals surface area contributed by atoms with Gasteiger partial charge in [-0.3, -0.25) is 4.98 Å². The number of methoxy groups -OCH3 is 2. The number of benzene rings is 3. The topological polar surface area (TPSA) is 146 Å². The average molecular weight is 592 g/mol. The number of carbonyl (C=O) groups is 1. The predicted molar refractivity (Wildman–Crippen MR) is 167 cm³/mol. The molecule has 44 heavy (non-hydrogen) atoms. The van der Waals surface area contributed by atoms with Gasteiger partial charge in [0.05, 0.1) is 30.9 Å². The summed E-state index contributed by atoms with van der Waals surface area (Å²) in [5.41, 5.74) is 4.59. The molecule has 12 nitrogen and oxygen atoms in total. The lowest BCUT2D eigenvalue weighted by molar-refractivity contribution is 0.144. The molecule has 3 aromatic carbocycles. The molecule has 12 heteroatoms. The van der Waals surface area contributed by atoms with Crippen LogP contribution in [0.5, 0.6) is 11.5 Å². The number of hydrogen-bond acceptors (Lipinski definition) is 10. The number of nitrogens with zero attached hydrogens (tertiary/aromatic N) is 5. The van der Waals surface area contributed by atoms with E-state index in [2.05, 4.69) is 20.7 Å². The van der Waals surface area contributed by atoms with Crippen LogP contribution in [0.1, 0.15) is 5.56 Å². The Morgan fingerprint density at radius 1 is 0.932 bits per heavy atom. The van der Waals surface area contributed by atoms with Gasteiger partial charge in [-0.25, -0.2) is 14.8 Å². The van der Waals surface area contributed by atoms with Crippen molar-refractivity contribution >= 4 is 45.1 Å². The standard InChI is InChI=1S/C32H29N7O5/c1-42-11-12-44-29-15-25-26(16-28(29)43-2)37-30(21-6-3-7-23(13-21)34-18-20-5-4-10-33-17-20)38-31(25)36-24-8-9-27-22(14-24)19-35-39(27)32(40)41/h3-10,13-17,19,34H,11-12,18H2,1-2H3,(H,40,41)(H,36,37,38). The first kappa shape index (κ1) is 28.4. The van der Waals surface area contributed by atoms with Crippen molar-refractivity contribution in [3.63, 3.8) is 0 Å². The van der Waals surface area contributed by atoms with Crippen molar-refractivity contribution in [2.75, 3.05) is 38.1 Å². The van der Waals surface area contributed by atoms with Crippen LogP contribution >= 0.6 is 0 Å². The molecule has 6 aromatic rings. The zero-order chi connectivity index (χ0) is 30.5. The van der Waals surface area contributed by atoms with Crippen molar-refractivity contribution in [1.82, 2.24) is 24.7 Å². The lowest BCUT2D eigenvalue weighted by atomic mass is 10.1. The third-order valence-electron chi connectivity index (χ3n) is 6.88. The molecule has 0 bridgehead atoms. The van der Waals surface area contributed by atoms with Gasteiger partial charge in [-0.15, -0.1) is 0 Å². The van der Waals surface area contributed by atoms with E-state index in [9.17, 15) is 9.90 Å². The fourth-order valence-corrected chi connectivity index (χ4v) is 4.74. The fraction of sp³-hybridized carbons (Fsp3) is 0.156. The van der Waals surface area contributed by atoms with Gasteiger partial charge in [0.25, 0.3) is 0 Å². The number of ether oxygens (including phenoxy) is 3. The smallest absolute Gasteiger partial charge is 0.432 e. The molecule has 0 saturated heterocycles. The van der Waals surface area contributed by atoms with Crippen LogP contribution in [0.3, 0.4) is 0 Å². The average Bonchev–Trinajstić information content (AvgIpc) is 3.48. The molecule has 0 atom stereocenters. The normalized spacial score (nSPS) is 11.0. The Labute approximate surface area is 252 Å². The van der Waals surface area contributed by atoms with Crippen LogP contribution < -0.4 is 20.1 Å². The molecule has 0 aliphatic rings. The number of nitrogens with one attached hydrogen (secondary N) is 2. The summed E-state index contributed by atoms with van der Waals surface area (Å²) in [7, 11) is 3.19. The maximum absolute atomic E-state index is 11.5. The van der Waals surface area contributed by atoms with E-state index in [1.165, 1.54) is 6.20 Å². The summed E-state index contributed by atoms with van der Waals surface area (Å²) in [5.74, 6) is 2.08. The number of pyridine rings is 1. The molecule has 0 radical (unpaired) electrons. The zero-order valence-corrected chi connectivity index (χ0v) is 24.0. The number of carboxylic acid groups (broad SMARTS) is 1. The Bertz CT molecular complexity index is 1950. The first-order chi connectivity index (χ1) is 21.5. The third kappa shape index (κ3) is 6.05. The van der Waals surface area contributed by atoms with Crippen molar-refractivity contribution in [2.45, 2.75) is 6.54 Å². The molecule has 0 unspecified atom stereocenters. The van der Waals surface area contributed by atoms with Crippen molar-refractivity contribution in [3.05, 3.63) is 90.9 Å². The van der Waals surface area contributed by atoms with E-state index in [1.54, 1.807) is 32.5 Å². The molecule has 0 amide bonds. The molecular formula is C32H29N7O5. The van der Waals surface area contributed by atoms with E-state index >= 15 is 0 Å². The van der Waals surface area contributed by atoms with Crippen molar-refractivity contribution in [2.24, 2.45) is 0 Å². The largest absolute Gasteiger partial charge is 0.493 e. The van der Waals surface area contributed by atoms with E-state index in [0.717, 1.165) is 21.5 Å². The lowest BCUT2D eigenvalue weighted by Gasteiger charge is -2.16. The highest BCUT2D eigenvalue weighted by Gasteiger charge is 2.16. The number of rotatable bonds is 11. The number of anilines is 3. The van der Waals surface area contributed by atoms with Crippen LogP contribution in [-0.4, -0.2) is 63.4 Å². The second-order valence-electron chi connectivity index (χ2n) is 9.79. The summed E-state index contributed by atoms with van der Waals surface area (Å²) in [5, 5.41) is 21.6. The highest BCUT2D eigenvalue weighted by atomic mass is 16.5. The molecular weight excluding hydrogens is 562 g/mol. The van der Waals surface area contributed by atoms with Crippen LogP contribution in [0.15, 0.2) is 85.3 Å². The van der Waals surface area contributed by atoms with Gasteiger partial charge in [0.2, 0.25) is 0 Å². The van der Waals surface area contributed by atoms with Crippen LogP contribution in [0, 0.1) is 0 Å². The minimum Gasteiger partial charge on any atom is -0.493 e. The fourth-order valence-electron chi connectivity index (χ4n) is 4.74. The summed E-state index contributed by atoms with van der Waals surface area (Å²) in [6, 6.07) is 20.7. The molecule has 0 fully saturated rings. The first-order valence-corrected chi connectivity index (χ1v) is 13.7. The summed E-state index contributed by atoms with van der Waals surface area (Å²) in [4.78, 5) is 25.5. The van der Waals surface area contributed by atoms with Crippen molar-refractivity contribution in [3.8, 4) is 22.9 Å². The van der Waals surface area contributed by atoms with Crippen LogP contribution in [0.2, 0.25) is 0 Å². The highest BCUT2D eigenvalue weighted by molar-refractivity contribution is 5.96. The van der Waals surface area contributed by atoms with Crippen LogP contribution in [0.4, 0.5) is 22.0 Å². The molecule has 3 N–H and O–H groups in total. The summed E-state index contributed by atoms with van der Waals surface area (Å²) < 4.78 is 17.7. The SMILES string of the molecule is COCCOc1cc2c(Nc3ccc4c(cnn4C(=O)O)c3)nc(-c3cccc(NCc4cccnc4)c3)nc2cc1OC. The van der Waals surface area contributed by atoms with Crippen LogP contribution in [-0.2, 0) is 11.3 Å². The van der Waals surface area contributed by atoms with Gasteiger partial charge in [-0.1, -0.05) is 18.2 Å². The Morgan fingerprint density at radius 2 is 1.84 bits per heavy atom. The second kappa shape index (κ2) is 12.6. The van der Waals surface area contributed by atoms with E-state index in [4.69, 9.17) is 24.2 Å². The number of fused-ring (bicyclic) bond motifs is 2. The van der Waals surface area contributed by atoms with Crippen LogP contribution in [0.25, 0.3) is 33.2 Å². The Balaban J connectivity index is 1.41. The molecule has 0 aliphatic heterocycles. The van der Waals surface area contributed by atoms with Gasteiger partial charge in [0.1, 0.15) is 12.4 Å². The third-order valence-corrected chi connectivity index (χ3v) is 6.88. The van der Waals surface area contributed by atoms with Crippen molar-refractivity contribution < 1.29 is 24.1 Å². The Kier molecular flexibility index (Phi) is 8.15. The van der Waals surface area contributed by atoms with Gasteiger partial charge in [0, 0.05) is 59.8 Å². The Hall–Kier alpha value is -5.75. The van der Waals surface area contributed by atoms with Crippen molar-refractivity contribution in [1.29, 1.82) is 0 Å². The first-order valence-electron chi connectivity index (χ1n) is 13.7. The summed E-state index contributed by atoms with van der Waals surface area (Å²) >= 11 is 0. The van der Waals surface area contributed by atoms with Gasteiger partial charge in [-0.2, -0.15) is 9.78 Å². The minimum absolute atomic E-state index is 0.336. The summed E-state index contributed by atoms with van der Waals surface area (Å²) in [6.07, 6.45) is 3.93. The van der Waals surface area contributed by atoms with E-state index in [1.807, 2.05) is 60.8 Å². The minimum atomic E-state index is -1.15. The molecule has 6 rings (SSSR count). The molecule has 222 valence electrons.